The van der Waals surface area contributed by atoms with Gasteiger partial charge in [-0.3, -0.25) is 10.4 Å². The molecular weight excluding hydrogens is 296 g/mol. The minimum Gasteiger partial charge on any atom is -0.365 e. The van der Waals surface area contributed by atoms with Gasteiger partial charge in [-0.05, 0) is 34.5 Å². The molecule has 0 spiro atoms. The SMILES string of the molecule is Cc1ccc(CNc2nc(NN)ncc2Br)cn1. The molecule has 0 aliphatic heterocycles. The highest BCUT2D eigenvalue weighted by molar-refractivity contribution is 9.10. The Balaban J connectivity index is 2.07. The van der Waals surface area contributed by atoms with Crippen LogP contribution in [0.2, 0.25) is 0 Å². The molecule has 0 aliphatic rings. The number of nitrogens with two attached hydrogens (primary N) is 1. The van der Waals surface area contributed by atoms with Crippen molar-refractivity contribution in [3.63, 3.8) is 0 Å². The summed E-state index contributed by atoms with van der Waals surface area (Å²) in [6, 6.07) is 3.99. The number of nitrogens with one attached hydrogen (secondary N) is 2. The van der Waals surface area contributed by atoms with Crippen molar-refractivity contribution in [2.24, 2.45) is 5.84 Å². The van der Waals surface area contributed by atoms with Gasteiger partial charge in [-0.15, -0.1) is 0 Å². The maximum atomic E-state index is 5.26. The Kier molecular flexibility index (Phi) is 4.06. The van der Waals surface area contributed by atoms with Gasteiger partial charge in [0.05, 0.1) is 4.47 Å². The standard InChI is InChI=1S/C11H13BrN6/c1-7-2-3-8(4-14-7)5-15-10-9(12)6-16-11(17-10)18-13/h2-4,6H,5,13H2,1H3,(H2,15,16,17,18). The zero-order valence-electron chi connectivity index (χ0n) is 9.81. The molecule has 0 saturated heterocycles. The summed E-state index contributed by atoms with van der Waals surface area (Å²) in [5.41, 5.74) is 4.48. The highest BCUT2D eigenvalue weighted by atomic mass is 79.9. The van der Waals surface area contributed by atoms with Crippen LogP contribution in [0.15, 0.2) is 29.0 Å². The first-order chi connectivity index (χ1) is 8.69. The number of hydrogen-bond donors (Lipinski definition) is 3. The molecule has 2 heterocycles. The number of hydrogen-bond acceptors (Lipinski definition) is 6. The van der Waals surface area contributed by atoms with Crippen LogP contribution in [0.5, 0.6) is 0 Å². The lowest BCUT2D eigenvalue weighted by Crippen LogP contribution is -2.12. The van der Waals surface area contributed by atoms with Gasteiger partial charge in [0.15, 0.2) is 0 Å². The Hall–Kier alpha value is -1.73. The van der Waals surface area contributed by atoms with Crippen molar-refractivity contribution < 1.29 is 0 Å². The molecule has 4 N–H and O–H groups in total. The van der Waals surface area contributed by atoms with Gasteiger partial charge < -0.3 is 5.32 Å². The van der Waals surface area contributed by atoms with Crippen LogP contribution in [0.3, 0.4) is 0 Å². The number of rotatable bonds is 4. The summed E-state index contributed by atoms with van der Waals surface area (Å²) < 4.78 is 0.779. The molecule has 0 aliphatic carbocycles. The van der Waals surface area contributed by atoms with E-state index in [0.29, 0.717) is 18.3 Å². The predicted octanol–water partition coefficient (Wildman–Crippen LogP) is 1.84. The van der Waals surface area contributed by atoms with E-state index in [4.69, 9.17) is 5.84 Å². The van der Waals surface area contributed by atoms with Gasteiger partial charge >= 0.3 is 0 Å². The third-order valence-electron chi connectivity index (χ3n) is 2.31. The van der Waals surface area contributed by atoms with Crippen molar-refractivity contribution in [2.75, 3.05) is 10.7 Å². The molecule has 0 amide bonds. The fourth-order valence-corrected chi connectivity index (χ4v) is 1.68. The summed E-state index contributed by atoms with van der Waals surface area (Å²) in [6.07, 6.45) is 3.47. The molecule has 0 fully saturated rings. The van der Waals surface area contributed by atoms with Crippen molar-refractivity contribution in [1.82, 2.24) is 15.0 Å². The van der Waals surface area contributed by atoms with E-state index in [1.807, 2.05) is 25.3 Å². The number of pyridine rings is 1. The Morgan fingerprint density at radius 1 is 1.28 bits per heavy atom. The Labute approximate surface area is 113 Å². The lowest BCUT2D eigenvalue weighted by atomic mass is 10.2. The Bertz CT molecular complexity index is 528. The maximum Gasteiger partial charge on any atom is 0.239 e. The summed E-state index contributed by atoms with van der Waals surface area (Å²) in [5, 5.41) is 3.19. The van der Waals surface area contributed by atoms with Gasteiger partial charge in [0.25, 0.3) is 0 Å². The summed E-state index contributed by atoms with van der Waals surface area (Å²) >= 11 is 3.37. The van der Waals surface area contributed by atoms with E-state index in [-0.39, 0.29) is 0 Å². The maximum absolute atomic E-state index is 5.26. The zero-order chi connectivity index (χ0) is 13.0. The largest absolute Gasteiger partial charge is 0.365 e. The minimum absolute atomic E-state index is 0.364. The lowest BCUT2D eigenvalue weighted by Gasteiger charge is -2.08. The molecule has 0 radical (unpaired) electrons. The summed E-state index contributed by atoms with van der Waals surface area (Å²) in [6.45, 7) is 2.59. The topological polar surface area (TPSA) is 88.8 Å². The third-order valence-corrected chi connectivity index (χ3v) is 2.89. The first-order valence-electron chi connectivity index (χ1n) is 5.33. The van der Waals surface area contributed by atoms with Gasteiger partial charge in [-0.25, -0.2) is 10.8 Å². The van der Waals surface area contributed by atoms with E-state index in [0.717, 1.165) is 15.7 Å². The molecule has 0 unspecified atom stereocenters. The monoisotopic (exact) mass is 308 g/mol. The summed E-state index contributed by atoms with van der Waals surface area (Å²) in [4.78, 5) is 12.4. The minimum atomic E-state index is 0.364. The van der Waals surface area contributed by atoms with Crippen LogP contribution in [0.1, 0.15) is 11.3 Å². The molecule has 6 nitrogen and oxygen atoms in total. The molecule has 2 rings (SSSR count). The molecular formula is C11H13BrN6. The summed E-state index contributed by atoms with van der Waals surface area (Å²) in [7, 11) is 0. The van der Waals surface area contributed by atoms with Crippen LogP contribution in [-0.2, 0) is 6.54 Å². The van der Waals surface area contributed by atoms with Crippen molar-refractivity contribution in [1.29, 1.82) is 0 Å². The van der Waals surface area contributed by atoms with Gasteiger partial charge in [0, 0.05) is 24.6 Å². The molecule has 0 saturated carbocycles. The van der Waals surface area contributed by atoms with E-state index < -0.39 is 0 Å². The molecule has 2 aromatic rings. The molecule has 18 heavy (non-hydrogen) atoms. The van der Waals surface area contributed by atoms with Crippen molar-refractivity contribution in [3.05, 3.63) is 40.3 Å². The zero-order valence-corrected chi connectivity index (χ0v) is 11.4. The number of nitrogens with zero attached hydrogens (tertiary/aromatic N) is 3. The molecule has 94 valence electrons. The fourth-order valence-electron chi connectivity index (χ4n) is 1.35. The molecule has 0 atom stereocenters. The van der Waals surface area contributed by atoms with Crippen LogP contribution in [0.25, 0.3) is 0 Å². The summed E-state index contributed by atoms with van der Waals surface area (Å²) in [5.74, 6) is 6.31. The van der Waals surface area contributed by atoms with Gasteiger partial charge in [0.2, 0.25) is 5.95 Å². The number of hydrazine groups is 1. The van der Waals surface area contributed by atoms with Gasteiger partial charge in [0.1, 0.15) is 5.82 Å². The Morgan fingerprint density at radius 2 is 2.11 bits per heavy atom. The number of aryl methyl sites for hydroxylation is 1. The number of nitrogen functional groups attached to an aromatic ring is 1. The van der Waals surface area contributed by atoms with Gasteiger partial charge in [-0.1, -0.05) is 6.07 Å². The van der Waals surface area contributed by atoms with Crippen LogP contribution in [0.4, 0.5) is 11.8 Å². The second kappa shape index (κ2) is 5.74. The van der Waals surface area contributed by atoms with Crippen LogP contribution < -0.4 is 16.6 Å². The molecule has 0 aromatic carbocycles. The highest BCUT2D eigenvalue weighted by Crippen LogP contribution is 2.20. The number of halogens is 1. The second-order valence-corrected chi connectivity index (χ2v) is 4.55. The van der Waals surface area contributed by atoms with Crippen LogP contribution >= 0.6 is 15.9 Å². The van der Waals surface area contributed by atoms with Crippen LogP contribution in [0, 0.1) is 6.92 Å². The van der Waals surface area contributed by atoms with Crippen molar-refractivity contribution in [2.45, 2.75) is 13.5 Å². The lowest BCUT2D eigenvalue weighted by molar-refractivity contribution is 1.04. The van der Waals surface area contributed by atoms with E-state index in [1.54, 1.807) is 6.20 Å². The van der Waals surface area contributed by atoms with Crippen molar-refractivity contribution in [3.8, 4) is 0 Å². The van der Waals surface area contributed by atoms with Crippen LogP contribution in [-0.4, -0.2) is 15.0 Å². The van der Waals surface area contributed by atoms with E-state index in [1.165, 1.54) is 0 Å². The molecule has 7 heteroatoms. The average molecular weight is 309 g/mol. The first kappa shape index (κ1) is 12.7. The molecule has 0 bridgehead atoms. The number of aromatic nitrogens is 3. The fraction of sp³-hybridized carbons (Fsp3) is 0.182. The third kappa shape index (κ3) is 3.14. The highest BCUT2D eigenvalue weighted by Gasteiger charge is 2.04. The van der Waals surface area contributed by atoms with E-state index in [9.17, 15) is 0 Å². The predicted molar refractivity (Wildman–Crippen MR) is 73.8 cm³/mol. The molecule has 2 aromatic heterocycles. The van der Waals surface area contributed by atoms with Gasteiger partial charge in [-0.2, -0.15) is 4.98 Å². The average Bonchev–Trinajstić information content (AvgIpc) is 2.40. The van der Waals surface area contributed by atoms with Crippen molar-refractivity contribution >= 4 is 27.7 Å². The normalized spacial score (nSPS) is 10.2. The smallest absolute Gasteiger partial charge is 0.239 e. The quantitative estimate of drug-likeness (QED) is 0.590. The first-order valence-corrected chi connectivity index (χ1v) is 6.13. The second-order valence-electron chi connectivity index (χ2n) is 3.70. The van der Waals surface area contributed by atoms with E-state index in [2.05, 4.69) is 41.6 Å². The Morgan fingerprint density at radius 3 is 2.78 bits per heavy atom. The van der Waals surface area contributed by atoms with E-state index >= 15 is 0 Å². The number of anilines is 2.